The Kier molecular flexibility index (Phi) is 5.67. The molecule has 0 bridgehead atoms. The van der Waals surface area contributed by atoms with Crippen LogP contribution in [0, 0.1) is 11.3 Å². The lowest BCUT2D eigenvalue weighted by Crippen LogP contribution is -2.47. The fourth-order valence-corrected chi connectivity index (χ4v) is 3.85. The summed E-state index contributed by atoms with van der Waals surface area (Å²) in [5.41, 5.74) is 0.594. The van der Waals surface area contributed by atoms with Gasteiger partial charge in [0.2, 0.25) is 0 Å². The molecule has 3 heteroatoms. The van der Waals surface area contributed by atoms with Crippen molar-refractivity contribution in [2.24, 2.45) is 11.3 Å². The molecule has 2 rings (SSSR count). The maximum absolute atomic E-state index is 3.39. The first-order valence-electron chi connectivity index (χ1n) is 8.15. The minimum Gasteiger partial charge on any atom is -0.319 e. The molecular weight excluding hydrogens is 234 g/mol. The molecule has 2 aliphatic rings. The van der Waals surface area contributed by atoms with Crippen molar-refractivity contribution < 1.29 is 0 Å². The molecule has 1 saturated heterocycles. The minimum absolute atomic E-state index is 0.594. The summed E-state index contributed by atoms with van der Waals surface area (Å²) in [6, 6.07) is 0. The number of likely N-dealkylation sites (tertiary alicyclic amines) is 1. The molecule has 3 nitrogen and oxygen atoms in total. The number of rotatable bonds is 7. The highest BCUT2D eigenvalue weighted by atomic mass is 15.1. The number of piperidine rings is 1. The van der Waals surface area contributed by atoms with Crippen molar-refractivity contribution >= 4 is 0 Å². The summed E-state index contributed by atoms with van der Waals surface area (Å²) < 4.78 is 0. The second-order valence-electron chi connectivity index (χ2n) is 7.16. The molecule has 1 saturated carbocycles. The molecule has 0 aromatic rings. The van der Waals surface area contributed by atoms with Gasteiger partial charge in [0.15, 0.2) is 0 Å². The minimum atomic E-state index is 0.594. The summed E-state index contributed by atoms with van der Waals surface area (Å²) in [7, 11) is 6.67. The van der Waals surface area contributed by atoms with E-state index in [1.807, 2.05) is 0 Å². The molecule has 2 fully saturated rings. The fourth-order valence-electron chi connectivity index (χ4n) is 3.85. The van der Waals surface area contributed by atoms with Gasteiger partial charge in [0.05, 0.1) is 0 Å². The topological polar surface area (TPSA) is 18.5 Å². The van der Waals surface area contributed by atoms with Crippen LogP contribution in [0.3, 0.4) is 0 Å². The molecule has 19 heavy (non-hydrogen) atoms. The highest BCUT2D eigenvalue weighted by Crippen LogP contribution is 2.40. The number of nitrogens with zero attached hydrogens (tertiary/aromatic N) is 2. The predicted molar refractivity (Wildman–Crippen MR) is 82.5 cm³/mol. The summed E-state index contributed by atoms with van der Waals surface area (Å²) in [6.07, 6.45) is 8.50. The molecule has 0 spiro atoms. The molecule has 0 aromatic carbocycles. The van der Waals surface area contributed by atoms with Gasteiger partial charge >= 0.3 is 0 Å². The van der Waals surface area contributed by atoms with Crippen molar-refractivity contribution in [3.05, 3.63) is 0 Å². The van der Waals surface area contributed by atoms with E-state index in [4.69, 9.17) is 0 Å². The molecule has 1 N–H and O–H groups in total. The van der Waals surface area contributed by atoms with Crippen LogP contribution < -0.4 is 5.32 Å². The van der Waals surface area contributed by atoms with Gasteiger partial charge in [-0.3, -0.25) is 0 Å². The van der Waals surface area contributed by atoms with Crippen molar-refractivity contribution in [3.8, 4) is 0 Å². The summed E-state index contributed by atoms with van der Waals surface area (Å²) >= 11 is 0. The lowest BCUT2D eigenvalue weighted by Gasteiger charge is -2.44. The highest BCUT2D eigenvalue weighted by Gasteiger charge is 2.37. The van der Waals surface area contributed by atoms with E-state index in [-0.39, 0.29) is 0 Å². The third-order valence-electron chi connectivity index (χ3n) is 5.33. The van der Waals surface area contributed by atoms with Crippen LogP contribution in [-0.4, -0.2) is 63.7 Å². The van der Waals surface area contributed by atoms with Crippen molar-refractivity contribution in [2.75, 3.05) is 53.9 Å². The van der Waals surface area contributed by atoms with Gasteiger partial charge in [0, 0.05) is 13.1 Å². The van der Waals surface area contributed by atoms with Gasteiger partial charge in [0.25, 0.3) is 0 Å². The predicted octanol–water partition coefficient (Wildman–Crippen LogP) is 2.04. The van der Waals surface area contributed by atoms with Gasteiger partial charge in [-0.05, 0) is 84.2 Å². The first-order chi connectivity index (χ1) is 9.13. The van der Waals surface area contributed by atoms with E-state index in [1.165, 1.54) is 71.2 Å². The lowest BCUT2D eigenvalue weighted by atomic mass is 9.68. The Bertz CT molecular complexity index is 255. The second kappa shape index (κ2) is 7.05. The van der Waals surface area contributed by atoms with Crippen molar-refractivity contribution in [2.45, 2.75) is 38.5 Å². The molecule has 1 heterocycles. The molecule has 0 amide bonds. The van der Waals surface area contributed by atoms with E-state index in [0.717, 1.165) is 5.92 Å². The zero-order valence-corrected chi connectivity index (χ0v) is 13.2. The SMILES string of the molecule is CNCC1(CN(C)CCC2CCN(C)CC2)CCC1. The molecule has 0 radical (unpaired) electrons. The Hall–Kier alpha value is -0.120. The number of hydrogen-bond acceptors (Lipinski definition) is 3. The molecular formula is C16H33N3. The van der Waals surface area contributed by atoms with Gasteiger partial charge in [-0.2, -0.15) is 0 Å². The molecule has 112 valence electrons. The first kappa shape index (κ1) is 15.3. The van der Waals surface area contributed by atoms with Crippen LogP contribution in [0.25, 0.3) is 0 Å². The van der Waals surface area contributed by atoms with E-state index in [9.17, 15) is 0 Å². The van der Waals surface area contributed by atoms with E-state index in [2.05, 4.69) is 36.3 Å². The molecule has 0 unspecified atom stereocenters. The van der Waals surface area contributed by atoms with Crippen molar-refractivity contribution in [1.82, 2.24) is 15.1 Å². The van der Waals surface area contributed by atoms with Gasteiger partial charge in [0.1, 0.15) is 0 Å². The Labute approximate surface area is 119 Å². The van der Waals surface area contributed by atoms with E-state index in [1.54, 1.807) is 0 Å². The van der Waals surface area contributed by atoms with Crippen molar-refractivity contribution in [3.63, 3.8) is 0 Å². The molecule has 0 aromatic heterocycles. The maximum atomic E-state index is 3.39. The van der Waals surface area contributed by atoms with Crippen LogP contribution >= 0.6 is 0 Å². The van der Waals surface area contributed by atoms with Gasteiger partial charge < -0.3 is 15.1 Å². The normalized spacial score (nSPS) is 24.6. The smallest absolute Gasteiger partial charge is 0.00471 e. The Balaban J connectivity index is 1.65. The summed E-state index contributed by atoms with van der Waals surface area (Å²) in [5.74, 6) is 0.972. The molecule has 1 aliphatic carbocycles. The summed E-state index contributed by atoms with van der Waals surface area (Å²) in [5, 5.41) is 3.39. The van der Waals surface area contributed by atoms with Crippen molar-refractivity contribution in [1.29, 1.82) is 0 Å². The summed E-state index contributed by atoms with van der Waals surface area (Å²) in [4.78, 5) is 5.06. The zero-order valence-electron chi connectivity index (χ0n) is 13.2. The van der Waals surface area contributed by atoms with E-state index >= 15 is 0 Å². The number of nitrogens with one attached hydrogen (secondary N) is 1. The van der Waals surface area contributed by atoms with Gasteiger partial charge in [-0.1, -0.05) is 6.42 Å². The summed E-state index contributed by atoms with van der Waals surface area (Å²) in [6.45, 7) is 6.39. The van der Waals surface area contributed by atoms with E-state index < -0.39 is 0 Å². The van der Waals surface area contributed by atoms with Crippen LogP contribution in [0.15, 0.2) is 0 Å². The Morgan fingerprint density at radius 3 is 2.47 bits per heavy atom. The number of hydrogen-bond donors (Lipinski definition) is 1. The van der Waals surface area contributed by atoms with Gasteiger partial charge in [-0.15, -0.1) is 0 Å². The van der Waals surface area contributed by atoms with Gasteiger partial charge in [-0.25, -0.2) is 0 Å². The maximum Gasteiger partial charge on any atom is 0.00471 e. The lowest BCUT2D eigenvalue weighted by molar-refractivity contribution is 0.0751. The second-order valence-corrected chi connectivity index (χ2v) is 7.16. The Morgan fingerprint density at radius 1 is 1.26 bits per heavy atom. The first-order valence-corrected chi connectivity index (χ1v) is 8.15. The third kappa shape index (κ3) is 4.44. The quantitative estimate of drug-likeness (QED) is 0.761. The Morgan fingerprint density at radius 2 is 1.95 bits per heavy atom. The zero-order chi connectivity index (χ0) is 13.7. The fraction of sp³-hybridized carbons (Fsp3) is 1.00. The average Bonchev–Trinajstić information content (AvgIpc) is 2.36. The monoisotopic (exact) mass is 267 g/mol. The van der Waals surface area contributed by atoms with Crippen LogP contribution in [-0.2, 0) is 0 Å². The highest BCUT2D eigenvalue weighted by molar-refractivity contribution is 4.91. The van der Waals surface area contributed by atoms with Crippen LogP contribution in [0.4, 0.5) is 0 Å². The standard InChI is InChI=1S/C16H33N3/c1-17-13-16(8-4-9-16)14-19(3)12-7-15-5-10-18(2)11-6-15/h15,17H,4-14H2,1-3H3. The third-order valence-corrected chi connectivity index (χ3v) is 5.33. The van der Waals surface area contributed by atoms with Crippen LogP contribution in [0.2, 0.25) is 0 Å². The average molecular weight is 267 g/mol. The van der Waals surface area contributed by atoms with Crippen LogP contribution in [0.5, 0.6) is 0 Å². The molecule has 1 aliphatic heterocycles. The van der Waals surface area contributed by atoms with E-state index in [0.29, 0.717) is 5.41 Å². The largest absolute Gasteiger partial charge is 0.319 e. The molecule has 0 atom stereocenters. The van der Waals surface area contributed by atoms with Crippen LogP contribution in [0.1, 0.15) is 38.5 Å².